The highest BCUT2D eigenvalue weighted by molar-refractivity contribution is 9.10. The molecule has 0 aliphatic heterocycles. The fourth-order valence-corrected chi connectivity index (χ4v) is 2.93. The summed E-state index contributed by atoms with van der Waals surface area (Å²) in [5.41, 5.74) is 0. The molecule has 0 saturated carbocycles. The van der Waals surface area contributed by atoms with Gasteiger partial charge in [-0.1, -0.05) is 0 Å². The number of likely N-dealkylation sites (N-methyl/N-ethyl adjacent to an activating group) is 1. The van der Waals surface area contributed by atoms with E-state index in [2.05, 4.69) is 31.0 Å². The molecule has 1 atom stereocenters. The Morgan fingerprint density at radius 2 is 2.17 bits per heavy atom. The molecule has 0 saturated heterocycles. The van der Waals surface area contributed by atoms with Gasteiger partial charge in [-0.15, -0.1) is 0 Å². The molecular formula is C10H14BrN3O3S. The zero-order valence-electron chi connectivity index (χ0n) is 9.97. The standard InChI is InChI=1S/C10H14BrN3O3S/c1-3-13-10(15)7(2)14-18(16,17)9-4-8(11)5-12-6-9/h4-7,14H,3H2,1-2H3,(H,13,15). The first-order chi connectivity index (χ1) is 8.36. The van der Waals surface area contributed by atoms with Crippen LogP contribution in [0, 0.1) is 0 Å². The van der Waals surface area contributed by atoms with E-state index in [4.69, 9.17) is 0 Å². The Bertz CT molecular complexity index is 533. The van der Waals surface area contributed by atoms with E-state index < -0.39 is 16.1 Å². The molecule has 0 radical (unpaired) electrons. The zero-order chi connectivity index (χ0) is 13.8. The zero-order valence-corrected chi connectivity index (χ0v) is 12.4. The number of halogens is 1. The number of sulfonamides is 1. The fourth-order valence-electron chi connectivity index (χ4n) is 1.22. The summed E-state index contributed by atoms with van der Waals surface area (Å²) < 4.78 is 26.7. The number of carbonyl (C=O) groups is 1. The molecule has 1 aromatic rings. The molecule has 100 valence electrons. The molecule has 1 amide bonds. The van der Waals surface area contributed by atoms with Crippen LogP contribution in [-0.2, 0) is 14.8 Å². The average Bonchev–Trinajstić information content (AvgIpc) is 2.28. The third-order valence-electron chi connectivity index (χ3n) is 2.07. The van der Waals surface area contributed by atoms with Crippen LogP contribution >= 0.6 is 15.9 Å². The Hall–Kier alpha value is -0.990. The summed E-state index contributed by atoms with van der Waals surface area (Å²) in [7, 11) is -3.75. The number of carbonyl (C=O) groups excluding carboxylic acids is 1. The third kappa shape index (κ3) is 4.04. The molecule has 1 aromatic heterocycles. The number of amides is 1. The Morgan fingerprint density at radius 1 is 1.50 bits per heavy atom. The van der Waals surface area contributed by atoms with E-state index >= 15 is 0 Å². The third-order valence-corrected chi connectivity index (χ3v) is 4.01. The molecular weight excluding hydrogens is 322 g/mol. The predicted octanol–water partition coefficient (Wildman–Crippen LogP) is 0.647. The number of rotatable bonds is 5. The normalized spacial score (nSPS) is 13.1. The molecule has 0 aromatic carbocycles. The summed E-state index contributed by atoms with van der Waals surface area (Å²) >= 11 is 3.14. The van der Waals surface area contributed by atoms with E-state index in [0.717, 1.165) is 0 Å². The van der Waals surface area contributed by atoms with Crippen LogP contribution in [0.3, 0.4) is 0 Å². The minimum absolute atomic E-state index is 0.00743. The van der Waals surface area contributed by atoms with Gasteiger partial charge in [0.1, 0.15) is 4.90 Å². The van der Waals surface area contributed by atoms with E-state index in [0.29, 0.717) is 11.0 Å². The maximum Gasteiger partial charge on any atom is 0.242 e. The van der Waals surface area contributed by atoms with Crippen molar-refractivity contribution in [3.8, 4) is 0 Å². The molecule has 0 bridgehead atoms. The summed E-state index contributed by atoms with van der Waals surface area (Å²) in [6.07, 6.45) is 2.70. The van der Waals surface area contributed by atoms with Gasteiger partial charge in [0.15, 0.2) is 0 Å². The van der Waals surface area contributed by atoms with Crippen LogP contribution in [0.1, 0.15) is 13.8 Å². The predicted molar refractivity (Wildman–Crippen MR) is 70.4 cm³/mol. The maximum atomic E-state index is 12.0. The Balaban J connectivity index is 2.86. The van der Waals surface area contributed by atoms with Crippen LogP contribution in [0.5, 0.6) is 0 Å². The van der Waals surface area contributed by atoms with Crippen molar-refractivity contribution in [2.45, 2.75) is 24.8 Å². The summed E-state index contributed by atoms with van der Waals surface area (Å²) in [5.74, 6) is -0.371. The van der Waals surface area contributed by atoms with E-state index in [-0.39, 0.29) is 10.8 Å². The lowest BCUT2D eigenvalue weighted by Crippen LogP contribution is -2.44. The van der Waals surface area contributed by atoms with Gasteiger partial charge in [0.2, 0.25) is 15.9 Å². The first-order valence-corrected chi connectivity index (χ1v) is 7.55. The van der Waals surface area contributed by atoms with E-state index in [1.807, 2.05) is 0 Å². The highest BCUT2D eigenvalue weighted by Crippen LogP contribution is 2.14. The van der Waals surface area contributed by atoms with Crippen molar-refractivity contribution in [1.29, 1.82) is 0 Å². The van der Waals surface area contributed by atoms with E-state index in [1.165, 1.54) is 25.4 Å². The minimum Gasteiger partial charge on any atom is -0.355 e. The van der Waals surface area contributed by atoms with Crippen molar-refractivity contribution in [3.05, 3.63) is 22.9 Å². The second-order valence-electron chi connectivity index (χ2n) is 3.58. The Labute approximate surface area is 114 Å². The largest absolute Gasteiger partial charge is 0.355 e. The first kappa shape index (κ1) is 15.1. The number of hydrogen-bond donors (Lipinski definition) is 2. The number of hydrogen-bond acceptors (Lipinski definition) is 4. The lowest BCUT2D eigenvalue weighted by Gasteiger charge is -2.13. The summed E-state index contributed by atoms with van der Waals surface area (Å²) in [6, 6.07) is 0.577. The number of aromatic nitrogens is 1. The van der Waals surface area contributed by atoms with Gasteiger partial charge in [-0.3, -0.25) is 9.78 Å². The second kappa shape index (κ2) is 6.26. The van der Waals surface area contributed by atoms with Gasteiger partial charge < -0.3 is 5.32 Å². The van der Waals surface area contributed by atoms with Crippen molar-refractivity contribution < 1.29 is 13.2 Å². The van der Waals surface area contributed by atoms with Crippen LogP contribution < -0.4 is 10.0 Å². The van der Waals surface area contributed by atoms with Crippen molar-refractivity contribution in [3.63, 3.8) is 0 Å². The van der Waals surface area contributed by atoms with Crippen LogP contribution in [-0.4, -0.2) is 31.9 Å². The number of nitrogens with zero attached hydrogens (tertiary/aromatic N) is 1. The van der Waals surface area contributed by atoms with Gasteiger partial charge >= 0.3 is 0 Å². The van der Waals surface area contributed by atoms with E-state index in [1.54, 1.807) is 6.92 Å². The molecule has 1 heterocycles. The van der Waals surface area contributed by atoms with Gasteiger partial charge in [-0.2, -0.15) is 4.72 Å². The van der Waals surface area contributed by atoms with Crippen LogP contribution in [0.15, 0.2) is 27.8 Å². The first-order valence-electron chi connectivity index (χ1n) is 5.27. The lowest BCUT2D eigenvalue weighted by atomic mass is 10.3. The summed E-state index contributed by atoms with van der Waals surface area (Å²) in [4.78, 5) is 15.2. The monoisotopic (exact) mass is 335 g/mol. The molecule has 0 aliphatic carbocycles. The van der Waals surface area contributed by atoms with Crippen molar-refractivity contribution >= 4 is 31.9 Å². The molecule has 0 fully saturated rings. The molecule has 2 N–H and O–H groups in total. The SMILES string of the molecule is CCNC(=O)C(C)NS(=O)(=O)c1cncc(Br)c1. The molecule has 1 unspecified atom stereocenters. The topological polar surface area (TPSA) is 88.2 Å². The van der Waals surface area contributed by atoms with Crippen molar-refractivity contribution in [2.75, 3.05) is 6.54 Å². The van der Waals surface area contributed by atoms with Gasteiger partial charge in [0.05, 0.1) is 6.04 Å². The molecule has 0 spiro atoms. The molecule has 0 aliphatic rings. The Morgan fingerprint density at radius 3 is 2.72 bits per heavy atom. The number of nitrogens with one attached hydrogen (secondary N) is 2. The van der Waals surface area contributed by atoms with Crippen LogP contribution in [0.4, 0.5) is 0 Å². The van der Waals surface area contributed by atoms with Crippen LogP contribution in [0.2, 0.25) is 0 Å². The Kier molecular flexibility index (Phi) is 5.24. The second-order valence-corrected chi connectivity index (χ2v) is 6.21. The summed E-state index contributed by atoms with van der Waals surface area (Å²) in [6.45, 7) is 3.69. The highest BCUT2D eigenvalue weighted by atomic mass is 79.9. The van der Waals surface area contributed by atoms with Crippen molar-refractivity contribution in [1.82, 2.24) is 15.0 Å². The fraction of sp³-hybridized carbons (Fsp3) is 0.400. The van der Waals surface area contributed by atoms with Gasteiger partial charge in [0, 0.05) is 23.4 Å². The average molecular weight is 336 g/mol. The lowest BCUT2D eigenvalue weighted by molar-refractivity contribution is -0.122. The number of pyridine rings is 1. The molecule has 8 heteroatoms. The quantitative estimate of drug-likeness (QED) is 0.826. The summed E-state index contributed by atoms with van der Waals surface area (Å²) in [5, 5.41) is 2.54. The molecule has 18 heavy (non-hydrogen) atoms. The van der Waals surface area contributed by atoms with Gasteiger partial charge in [-0.25, -0.2) is 8.42 Å². The van der Waals surface area contributed by atoms with Crippen LogP contribution in [0.25, 0.3) is 0 Å². The minimum atomic E-state index is -3.75. The van der Waals surface area contributed by atoms with Gasteiger partial charge in [-0.05, 0) is 35.8 Å². The molecule has 6 nitrogen and oxygen atoms in total. The van der Waals surface area contributed by atoms with Gasteiger partial charge in [0.25, 0.3) is 0 Å². The smallest absolute Gasteiger partial charge is 0.242 e. The molecule has 1 rings (SSSR count). The highest BCUT2D eigenvalue weighted by Gasteiger charge is 2.21. The maximum absolute atomic E-state index is 12.0. The van der Waals surface area contributed by atoms with E-state index in [9.17, 15) is 13.2 Å². The van der Waals surface area contributed by atoms with Crippen molar-refractivity contribution in [2.24, 2.45) is 0 Å².